The number of benzene rings is 4. The van der Waals surface area contributed by atoms with Gasteiger partial charge in [0.05, 0.1) is 12.6 Å². The van der Waals surface area contributed by atoms with Gasteiger partial charge in [-0.2, -0.15) is 13.2 Å². The number of aromatic hydroxyl groups is 3. The molecule has 0 aromatic heterocycles. The van der Waals surface area contributed by atoms with E-state index in [1.807, 2.05) is 12.1 Å². The van der Waals surface area contributed by atoms with Crippen molar-refractivity contribution in [3.63, 3.8) is 0 Å². The van der Waals surface area contributed by atoms with Gasteiger partial charge in [0.25, 0.3) is 5.91 Å². The number of carbonyl (C=O) groups excluding carboxylic acids is 7. The molecule has 5 rings (SSSR count). The van der Waals surface area contributed by atoms with Crippen LogP contribution in [0, 0.1) is 0 Å². The van der Waals surface area contributed by atoms with Crippen molar-refractivity contribution in [2.75, 3.05) is 20.1 Å². The van der Waals surface area contributed by atoms with Crippen molar-refractivity contribution in [3.05, 3.63) is 101 Å². The summed E-state index contributed by atoms with van der Waals surface area (Å²) in [6, 6.07) is 17.0. The van der Waals surface area contributed by atoms with Crippen molar-refractivity contribution in [1.82, 2.24) is 26.2 Å². The summed E-state index contributed by atoms with van der Waals surface area (Å²) in [6.07, 6.45) is 5.78. The van der Waals surface area contributed by atoms with Crippen molar-refractivity contribution in [1.29, 1.82) is 0 Å². The number of alkyl halides is 3. The number of nitrogens with zero attached hydrogens (tertiary/aromatic N) is 1. The normalized spacial score (nSPS) is 15.9. The van der Waals surface area contributed by atoms with E-state index < -0.39 is 65.8 Å². The second-order valence-electron chi connectivity index (χ2n) is 18.6. The minimum Gasteiger partial charge on any atom is -0.542 e. The molecule has 0 radical (unpaired) electrons. The van der Waals surface area contributed by atoms with Gasteiger partial charge in [-0.1, -0.05) is 81.8 Å². The summed E-state index contributed by atoms with van der Waals surface area (Å²) >= 11 is 0. The summed E-state index contributed by atoms with van der Waals surface area (Å²) in [5.74, 6) is -6.87. The highest BCUT2D eigenvalue weighted by atomic mass is 19.4. The first-order valence-corrected chi connectivity index (χ1v) is 25.2. The van der Waals surface area contributed by atoms with Gasteiger partial charge in [0.2, 0.25) is 23.6 Å². The molecule has 0 saturated carbocycles. The van der Waals surface area contributed by atoms with Crippen LogP contribution in [-0.4, -0.2) is 106 Å². The number of carboxylic acid groups (broad SMARTS) is 1. The number of ketones is 1. The van der Waals surface area contributed by atoms with Crippen molar-refractivity contribution < 1.29 is 72.9 Å². The number of halogens is 3. The number of unbranched alkanes of at least 4 members (excludes halogenated alkanes) is 7. The average Bonchev–Trinajstić information content (AvgIpc) is 3.36. The lowest BCUT2D eigenvalue weighted by molar-refractivity contribution is -0.368. The van der Waals surface area contributed by atoms with E-state index in [1.54, 1.807) is 24.3 Å². The largest absolute Gasteiger partial charge is 0.542 e. The zero-order chi connectivity index (χ0) is 55.4. The monoisotopic (exact) mass is 1050 g/mol. The molecule has 5 amide bonds. The lowest BCUT2D eigenvalue weighted by Crippen LogP contribution is -2.54. The molecule has 4 aromatic rings. The Morgan fingerprint density at radius 3 is 2.03 bits per heavy atom. The number of quaternary nitrogens is 1. The number of Topliss-reactive ketones (excluding diaryl/α,β-unsaturated/α-hetero) is 1. The second-order valence-corrected chi connectivity index (χ2v) is 18.6. The summed E-state index contributed by atoms with van der Waals surface area (Å²) < 4.78 is 31.5. The first kappa shape index (κ1) is 60.1. The third kappa shape index (κ3) is 18.1. The Bertz CT molecular complexity index is 2630. The van der Waals surface area contributed by atoms with Crippen molar-refractivity contribution >= 4 is 41.3 Å². The molecular formula is C55H69F3N6O11. The van der Waals surface area contributed by atoms with Crippen LogP contribution in [0.25, 0.3) is 22.3 Å². The van der Waals surface area contributed by atoms with Gasteiger partial charge in [0.1, 0.15) is 41.3 Å². The molecule has 20 heteroatoms. The Morgan fingerprint density at radius 1 is 0.787 bits per heavy atom. The number of hydrogen-bond donors (Lipinski definition) is 8. The molecule has 0 spiro atoms. The Balaban J connectivity index is 0.00000162. The standard InChI is InChI=1S/C53H68N6O9.C2HF3O2/c1-5-6-7-8-9-10-11-14-35-16-19-37(20-17-35)40-23-21-39(32-47(40)63)51(66)55-28-26-48(64)57-43(15-12-13-27-54)53(68)59(4)49-38-22-25-46(62)42(31-38)41-29-36(18-24-45(41)61)30-44(34(3)60)58-50(65)33(2)56-52(49)67;3-2(4,5)1(6)7/h16-25,29,31-33,43-44,49,61-63H,5-15,26-28,30,54H2,1-4H3,(H,55,66)(H,56,67)(H,57,64)(H,58,65);(H,6,7)/t33-,43-,44-,49-;/m0./s1. The maximum atomic E-state index is 14.5. The number of likely N-dealkylation sites (N-methyl/N-ethyl adjacent to an activating group) is 1. The van der Waals surface area contributed by atoms with Crippen molar-refractivity contribution in [3.8, 4) is 39.5 Å². The first-order valence-electron chi connectivity index (χ1n) is 25.2. The van der Waals surface area contributed by atoms with Crippen molar-refractivity contribution in [2.24, 2.45) is 0 Å². The van der Waals surface area contributed by atoms with Crippen LogP contribution in [0.4, 0.5) is 13.2 Å². The summed E-state index contributed by atoms with van der Waals surface area (Å²) in [7, 11) is 1.39. The predicted molar refractivity (Wildman–Crippen MR) is 271 cm³/mol. The fourth-order valence-corrected chi connectivity index (χ4v) is 8.47. The molecule has 4 bridgehead atoms. The van der Waals surface area contributed by atoms with E-state index in [0.717, 1.165) is 23.3 Å². The maximum absolute atomic E-state index is 14.5. The molecule has 10 N–H and O–H groups in total. The fourth-order valence-electron chi connectivity index (χ4n) is 8.47. The topological polar surface area (TPSA) is 282 Å². The van der Waals surface area contributed by atoms with Gasteiger partial charge in [-0.25, -0.2) is 0 Å². The Labute approximate surface area is 434 Å². The van der Waals surface area contributed by atoms with Crippen LogP contribution in [0.15, 0.2) is 78.9 Å². The number of nitrogens with one attached hydrogen (secondary N) is 4. The van der Waals surface area contributed by atoms with E-state index in [9.17, 15) is 57.3 Å². The van der Waals surface area contributed by atoms with Gasteiger partial charge in [0.15, 0.2) is 5.78 Å². The molecule has 1 aliphatic rings. The maximum Gasteiger partial charge on any atom is 0.430 e. The number of aliphatic carboxylic acids is 1. The zero-order valence-corrected chi connectivity index (χ0v) is 42.8. The van der Waals surface area contributed by atoms with E-state index in [0.29, 0.717) is 30.5 Å². The number of rotatable bonds is 21. The molecule has 0 unspecified atom stereocenters. The Hall–Kier alpha value is -7.48. The molecule has 0 fully saturated rings. The lowest BCUT2D eigenvalue weighted by Gasteiger charge is -2.32. The Morgan fingerprint density at radius 2 is 1.41 bits per heavy atom. The highest BCUT2D eigenvalue weighted by molar-refractivity contribution is 5.97. The summed E-state index contributed by atoms with van der Waals surface area (Å²) in [6.45, 7) is 5.50. The molecule has 406 valence electrons. The van der Waals surface area contributed by atoms with Gasteiger partial charge < -0.3 is 57.1 Å². The molecule has 1 heterocycles. The molecular weight excluding hydrogens is 978 g/mol. The van der Waals surface area contributed by atoms with Gasteiger partial charge in [-0.05, 0) is 117 Å². The number of carboxylic acids is 1. The first-order chi connectivity index (χ1) is 35.6. The third-order valence-electron chi connectivity index (χ3n) is 12.8. The molecule has 0 saturated heterocycles. The number of phenolic OH excluding ortho intramolecular Hbond substituents is 3. The van der Waals surface area contributed by atoms with Crippen LogP contribution >= 0.6 is 0 Å². The zero-order valence-electron chi connectivity index (χ0n) is 42.8. The number of aryl methyl sites for hydroxylation is 1. The lowest BCUT2D eigenvalue weighted by atomic mass is 9.93. The van der Waals surface area contributed by atoms with Crippen LogP contribution in [0.1, 0.15) is 124 Å². The van der Waals surface area contributed by atoms with Crippen LogP contribution in [0.3, 0.4) is 0 Å². The van der Waals surface area contributed by atoms with Gasteiger partial charge in [-0.3, -0.25) is 28.8 Å². The highest BCUT2D eigenvalue weighted by Gasteiger charge is 2.36. The smallest absolute Gasteiger partial charge is 0.430 e. The summed E-state index contributed by atoms with van der Waals surface area (Å²) in [5.41, 5.74) is 7.91. The SMILES string of the molecule is CCCCCCCCCc1ccc(-c2ccc(C(=O)NCCC(=O)N[C@@H](CCCC[NH3+])C(=O)N(C)[C@@H]3C(=O)N[C@@H](C)C(=O)N[C@H](C(C)=O)Cc4ccc(O)c(c4)-c4cc3ccc4O)cc2O)cc1.O=C([O-])C(F)(F)F. The third-order valence-corrected chi connectivity index (χ3v) is 12.8. The number of fused-ring (bicyclic) bond motifs is 5. The number of amides is 5. The molecule has 75 heavy (non-hydrogen) atoms. The minimum absolute atomic E-state index is 0.0562. The van der Waals surface area contributed by atoms with Crippen LogP contribution in [-0.2, 0) is 41.6 Å². The van der Waals surface area contributed by atoms with Gasteiger partial charge in [-0.15, -0.1) is 0 Å². The van der Waals surface area contributed by atoms with Gasteiger partial charge >= 0.3 is 6.18 Å². The molecule has 0 aliphatic carbocycles. The molecule has 17 nitrogen and oxygen atoms in total. The van der Waals surface area contributed by atoms with E-state index >= 15 is 0 Å². The highest BCUT2D eigenvalue weighted by Crippen LogP contribution is 2.39. The minimum atomic E-state index is -5.19. The Kier molecular flexibility index (Phi) is 23.1. The van der Waals surface area contributed by atoms with Crippen LogP contribution < -0.4 is 32.1 Å². The average molecular weight is 1050 g/mol. The van der Waals surface area contributed by atoms with E-state index in [4.69, 9.17) is 9.90 Å². The molecule has 4 atom stereocenters. The van der Waals surface area contributed by atoms with E-state index in [-0.39, 0.29) is 71.1 Å². The quantitative estimate of drug-likeness (QED) is 0.0510. The number of hydrogen-bond acceptors (Lipinski definition) is 11. The number of phenols is 3. The van der Waals surface area contributed by atoms with E-state index in [1.165, 1.54) is 95.3 Å². The molecule has 4 aromatic carbocycles. The fraction of sp³-hybridized carbons (Fsp3) is 0.436. The predicted octanol–water partition coefficient (Wildman–Crippen LogP) is 5.08. The van der Waals surface area contributed by atoms with Crippen LogP contribution in [0.2, 0.25) is 0 Å². The van der Waals surface area contributed by atoms with Crippen molar-refractivity contribution in [2.45, 2.75) is 135 Å². The van der Waals surface area contributed by atoms with Gasteiger partial charge in [0, 0.05) is 42.3 Å². The summed E-state index contributed by atoms with van der Waals surface area (Å²) in [4.78, 5) is 91.3. The molecule has 1 aliphatic heterocycles. The second kappa shape index (κ2) is 28.8. The van der Waals surface area contributed by atoms with Crippen LogP contribution in [0.5, 0.6) is 17.2 Å². The number of carbonyl (C=O) groups is 7. The summed E-state index contributed by atoms with van der Waals surface area (Å²) in [5, 5.41) is 52.5. The van der Waals surface area contributed by atoms with E-state index in [2.05, 4.69) is 46.1 Å².